The molecule has 0 N–H and O–H groups in total. The molecule has 0 aromatic heterocycles. The Morgan fingerprint density at radius 3 is 1.40 bits per heavy atom. The van der Waals surface area contributed by atoms with Gasteiger partial charge >= 0.3 is 0 Å². The van der Waals surface area contributed by atoms with E-state index in [2.05, 4.69) is 98.8 Å². The number of hydrogen-bond acceptors (Lipinski definition) is 3. The Morgan fingerprint density at radius 2 is 0.929 bits per heavy atom. The first-order valence-corrected chi connectivity index (χ1v) is 18.0. The fourth-order valence-electron chi connectivity index (χ4n) is 4.61. The molecule has 4 aromatic carbocycles. The van der Waals surface area contributed by atoms with Gasteiger partial charge in [0, 0.05) is 0 Å². The predicted octanol–water partition coefficient (Wildman–Crippen LogP) is 10.4. The summed E-state index contributed by atoms with van der Waals surface area (Å²) in [5, 5.41) is 0. The number of unbranched alkanes of at least 4 members (excludes halogenated alkanes) is 9. The summed E-state index contributed by atoms with van der Waals surface area (Å²) in [4.78, 5) is 4.33. The Labute approximate surface area is 257 Å². The van der Waals surface area contributed by atoms with Crippen LogP contribution in [0.25, 0.3) is 0 Å². The highest BCUT2D eigenvalue weighted by atomic mass is 32.2. The lowest BCUT2D eigenvalue weighted by Crippen LogP contribution is -2.07. The van der Waals surface area contributed by atoms with E-state index in [-0.39, 0.29) is 22.4 Å². The van der Waals surface area contributed by atoms with Crippen LogP contribution in [0.15, 0.2) is 135 Å². The molecule has 0 radical (unpaired) electrons. The topological polar surface area (TPSA) is 43.4 Å². The first-order valence-electron chi connectivity index (χ1n) is 15.4. The van der Waals surface area contributed by atoms with Gasteiger partial charge < -0.3 is 0 Å². The maximum atomic E-state index is 11.9. The van der Waals surface area contributed by atoms with Crippen LogP contribution in [0.5, 0.6) is 0 Å². The van der Waals surface area contributed by atoms with E-state index in [0.29, 0.717) is 0 Å². The smallest absolute Gasteiger partial charge is 0.266 e. The molecule has 0 heterocycles. The van der Waals surface area contributed by atoms with Crippen molar-refractivity contribution in [2.75, 3.05) is 6.61 Å². The van der Waals surface area contributed by atoms with E-state index in [1.807, 2.05) is 0 Å². The zero-order chi connectivity index (χ0) is 29.9. The summed E-state index contributed by atoms with van der Waals surface area (Å²) in [6.07, 6.45) is 12.3. The maximum absolute atomic E-state index is 11.9. The van der Waals surface area contributed by atoms with Gasteiger partial charge in [-0.15, -0.1) is 0 Å². The van der Waals surface area contributed by atoms with Gasteiger partial charge in [0.05, 0.1) is 22.4 Å². The van der Waals surface area contributed by atoms with Gasteiger partial charge in [0.2, 0.25) is 0 Å². The normalized spacial score (nSPS) is 11.2. The van der Waals surface area contributed by atoms with Crippen LogP contribution < -0.4 is 0 Å². The van der Waals surface area contributed by atoms with Crippen molar-refractivity contribution in [3.05, 3.63) is 121 Å². The summed E-state index contributed by atoms with van der Waals surface area (Å²) in [5.74, 6) is 0. The van der Waals surface area contributed by atoms with E-state index in [1.165, 1.54) is 71.6 Å². The Kier molecular flexibility index (Phi) is 15.5. The van der Waals surface area contributed by atoms with Crippen molar-refractivity contribution >= 4 is 21.0 Å². The predicted molar refractivity (Wildman–Crippen MR) is 178 cm³/mol. The van der Waals surface area contributed by atoms with E-state index >= 15 is 0 Å². The standard InChI is InChI=1S/C19H17S.C18H30O3S/c1-16-12-14-19(15-13-16)20(17-8-4-2-5-9-17)18-10-6-3-7-11-18;1-2-3-4-5-6-7-8-9-10-14-17-21-22(19,20)18-15-12-11-13-16-18/h2-15H,1H3;11-13,15-16H,2-10,14,17H2,1H3/q+1;. The molecule has 0 saturated heterocycles. The fraction of sp³-hybridized carbons (Fsp3) is 0.351. The van der Waals surface area contributed by atoms with Crippen molar-refractivity contribution in [3.8, 4) is 0 Å². The summed E-state index contributed by atoms with van der Waals surface area (Å²) >= 11 is 0. The van der Waals surface area contributed by atoms with Crippen LogP contribution in [0.2, 0.25) is 0 Å². The first-order chi connectivity index (χ1) is 20.5. The highest BCUT2D eigenvalue weighted by molar-refractivity contribution is 7.97. The molecule has 0 saturated carbocycles. The third-order valence-electron chi connectivity index (χ3n) is 6.98. The van der Waals surface area contributed by atoms with Gasteiger partial charge in [-0.1, -0.05) is 137 Å². The third-order valence-corrected chi connectivity index (χ3v) is 10.5. The van der Waals surface area contributed by atoms with Gasteiger partial charge in [-0.2, -0.15) is 8.42 Å². The molecule has 0 atom stereocenters. The van der Waals surface area contributed by atoms with Gasteiger partial charge in [-0.25, -0.2) is 0 Å². The Hall–Kier alpha value is -2.86. The number of aryl methyl sites for hydroxylation is 1. The Morgan fingerprint density at radius 1 is 0.524 bits per heavy atom. The van der Waals surface area contributed by atoms with Gasteiger partial charge in [-0.3, -0.25) is 4.18 Å². The Bertz CT molecular complexity index is 1300. The fourth-order valence-corrected chi connectivity index (χ4v) is 7.66. The van der Waals surface area contributed by atoms with Crippen molar-refractivity contribution in [1.82, 2.24) is 0 Å². The van der Waals surface area contributed by atoms with E-state index in [4.69, 9.17) is 4.18 Å². The van der Waals surface area contributed by atoms with Gasteiger partial charge in [0.15, 0.2) is 14.7 Å². The minimum absolute atomic E-state index is 0.0229. The molecule has 0 aliphatic carbocycles. The molecule has 0 unspecified atom stereocenters. The Balaban J connectivity index is 0.000000231. The monoisotopic (exact) mass is 603 g/mol. The van der Waals surface area contributed by atoms with E-state index in [0.717, 1.165) is 12.8 Å². The molecule has 0 aliphatic heterocycles. The van der Waals surface area contributed by atoms with E-state index < -0.39 is 10.1 Å². The molecule has 5 heteroatoms. The number of rotatable bonds is 16. The molecular weight excluding hydrogens is 557 g/mol. The van der Waals surface area contributed by atoms with Crippen LogP contribution in [-0.4, -0.2) is 15.0 Å². The maximum Gasteiger partial charge on any atom is 0.296 e. The van der Waals surface area contributed by atoms with Crippen molar-refractivity contribution in [2.24, 2.45) is 0 Å². The lowest BCUT2D eigenvalue weighted by molar-refractivity contribution is 0.306. The molecule has 4 aromatic rings. The largest absolute Gasteiger partial charge is 0.296 e. The van der Waals surface area contributed by atoms with Crippen LogP contribution in [0, 0.1) is 6.92 Å². The zero-order valence-electron chi connectivity index (χ0n) is 25.3. The molecule has 0 spiro atoms. The number of benzene rings is 4. The third kappa shape index (κ3) is 12.2. The summed E-state index contributed by atoms with van der Waals surface area (Å²) in [6.45, 7) is 4.65. The second-order valence-corrected chi connectivity index (χ2v) is 14.2. The van der Waals surface area contributed by atoms with Crippen LogP contribution in [0.1, 0.15) is 76.7 Å². The molecule has 0 aliphatic rings. The molecule has 0 fully saturated rings. The highest BCUT2D eigenvalue weighted by Gasteiger charge is 2.27. The summed E-state index contributed by atoms with van der Waals surface area (Å²) in [7, 11) is -3.59. The first kappa shape index (κ1) is 33.6. The van der Waals surface area contributed by atoms with E-state index in [1.54, 1.807) is 30.3 Å². The molecule has 42 heavy (non-hydrogen) atoms. The van der Waals surface area contributed by atoms with Gasteiger partial charge in [0.25, 0.3) is 10.1 Å². The van der Waals surface area contributed by atoms with Crippen molar-refractivity contribution < 1.29 is 12.6 Å². The quantitative estimate of drug-likeness (QED) is 0.0727. The molecule has 0 bridgehead atoms. The minimum atomic E-state index is -3.57. The second kappa shape index (κ2) is 19.4. The van der Waals surface area contributed by atoms with Crippen LogP contribution >= 0.6 is 0 Å². The summed E-state index contributed by atoms with van der Waals surface area (Å²) in [5.41, 5.74) is 1.30. The van der Waals surface area contributed by atoms with Crippen molar-refractivity contribution in [2.45, 2.75) is 97.6 Å². The molecule has 3 nitrogen and oxygen atoms in total. The van der Waals surface area contributed by atoms with Gasteiger partial charge in [-0.05, 0) is 61.9 Å². The molecule has 4 rings (SSSR count). The highest BCUT2D eigenvalue weighted by Crippen LogP contribution is 2.30. The van der Waals surface area contributed by atoms with Crippen molar-refractivity contribution in [3.63, 3.8) is 0 Å². The number of hydrogen-bond donors (Lipinski definition) is 0. The molecule has 0 amide bonds. The SMILES string of the molecule is CCCCCCCCCCCCOS(=O)(=O)c1ccccc1.Cc1ccc([S+](c2ccccc2)c2ccccc2)cc1. The summed E-state index contributed by atoms with van der Waals surface area (Å²) < 4.78 is 28.8. The summed E-state index contributed by atoms with van der Waals surface area (Å²) in [6, 6.07) is 38.7. The van der Waals surface area contributed by atoms with Crippen LogP contribution in [0.4, 0.5) is 0 Å². The second-order valence-electron chi connectivity index (χ2n) is 10.5. The minimum Gasteiger partial charge on any atom is -0.266 e. The van der Waals surface area contributed by atoms with E-state index in [9.17, 15) is 8.42 Å². The zero-order valence-corrected chi connectivity index (χ0v) is 26.9. The lowest BCUT2D eigenvalue weighted by atomic mass is 10.1. The lowest BCUT2D eigenvalue weighted by Gasteiger charge is -2.07. The van der Waals surface area contributed by atoms with Crippen LogP contribution in [0.3, 0.4) is 0 Å². The van der Waals surface area contributed by atoms with Crippen molar-refractivity contribution in [1.29, 1.82) is 0 Å². The average Bonchev–Trinajstić information content (AvgIpc) is 3.03. The molecule has 224 valence electrons. The van der Waals surface area contributed by atoms with Gasteiger partial charge in [0.1, 0.15) is 0 Å². The molecular formula is C37H47O3S2+. The average molecular weight is 604 g/mol. The van der Waals surface area contributed by atoms with Crippen LogP contribution in [-0.2, 0) is 25.2 Å².